The van der Waals surface area contributed by atoms with Crippen LogP contribution in [0.3, 0.4) is 0 Å². The van der Waals surface area contributed by atoms with Crippen LogP contribution in [0.4, 0.5) is 11.4 Å². The molecule has 0 atom stereocenters. The molecule has 1 N–H and O–H groups in total. The van der Waals surface area contributed by atoms with Crippen molar-refractivity contribution < 1.29 is 14.1 Å². The van der Waals surface area contributed by atoms with Gasteiger partial charge in [-0.25, -0.2) is 4.79 Å². The molecule has 0 fully saturated rings. The first-order chi connectivity index (χ1) is 8.61. The zero-order valence-corrected chi connectivity index (χ0v) is 11.4. The number of rotatable bonds is 3. The van der Waals surface area contributed by atoms with E-state index >= 15 is 0 Å². The van der Waals surface area contributed by atoms with Gasteiger partial charge in [-0.1, -0.05) is 21.1 Å². The van der Waals surface area contributed by atoms with Crippen LogP contribution in [0.1, 0.15) is 16.2 Å². The van der Waals surface area contributed by atoms with Crippen LogP contribution >= 0.6 is 15.9 Å². The van der Waals surface area contributed by atoms with Crippen molar-refractivity contribution in [3.8, 4) is 0 Å². The molecule has 1 heterocycles. The van der Waals surface area contributed by atoms with E-state index in [9.17, 15) is 4.79 Å². The summed E-state index contributed by atoms with van der Waals surface area (Å²) in [7, 11) is 1.30. The van der Waals surface area contributed by atoms with Crippen molar-refractivity contribution in [3.63, 3.8) is 0 Å². The molecule has 0 amide bonds. The number of aromatic nitrogens is 1. The Morgan fingerprint density at radius 3 is 2.67 bits per heavy atom. The number of carbonyl (C=O) groups excluding carboxylic acids is 1. The molecule has 5 nitrogen and oxygen atoms in total. The quantitative estimate of drug-likeness (QED) is 0.881. The zero-order chi connectivity index (χ0) is 13.1. The molecule has 0 aliphatic carbocycles. The summed E-state index contributed by atoms with van der Waals surface area (Å²) < 4.78 is 10.6. The third-order valence-corrected chi connectivity index (χ3v) is 2.88. The van der Waals surface area contributed by atoms with Crippen molar-refractivity contribution in [3.05, 3.63) is 40.2 Å². The second-order valence-electron chi connectivity index (χ2n) is 3.59. The van der Waals surface area contributed by atoms with Crippen molar-refractivity contribution in [1.82, 2.24) is 5.16 Å². The molecule has 0 saturated carbocycles. The Balaban J connectivity index is 2.31. The van der Waals surface area contributed by atoms with Crippen LogP contribution in [-0.4, -0.2) is 18.2 Å². The number of benzene rings is 1. The molecule has 6 heteroatoms. The second kappa shape index (κ2) is 5.22. The largest absolute Gasteiger partial charge is 0.464 e. The number of ether oxygens (including phenoxy) is 1. The Morgan fingerprint density at radius 1 is 1.39 bits per heavy atom. The van der Waals surface area contributed by atoms with Gasteiger partial charge in [-0.2, -0.15) is 0 Å². The van der Waals surface area contributed by atoms with Gasteiger partial charge in [0.25, 0.3) is 0 Å². The van der Waals surface area contributed by atoms with E-state index in [4.69, 9.17) is 4.52 Å². The van der Waals surface area contributed by atoms with Gasteiger partial charge in [0, 0.05) is 10.2 Å². The molecular formula is C12H11BrN2O3. The van der Waals surface area contributed by atoms with Crippen LogP contribution in [0.15, 0.2) is 33.3 Å². The molecule has 0 spiro atoms. The molecule has 1 aromatic heterocycles. The lowest BCUT2D eigenvalue weighted by Gasteiger charge is -2.05. The number of aryl methyl sites for hydroxylation is 1. The van der Waals surface area contributed by atoms with Crippen molar-refractivity contribution in [2.75, 3.05) is 12.4 Å². The van der Waals surface area contributed by atoms with Gasteiger partial charge in [-0.15, -0.1) is 0 Å². The van der Waals surface area contributed by atoms with Crippen LogP contribution in [0.2, 0.25) is 0 Å². The summed E-state index contributed by atoms with van der Waals surface area (Å²) in [6.45, 7) is 1.72. The number of nitrogens with one attached hydrogen (secondary N) is 1. The first-order valence-corrected chi connectivity index (χ1v) is 5.98. The van der Waals surface area contributed by atoms with E-state index in [2.05, 4.69) is 31.1 Å². The lowest BCUT2D eigenvalue weighted by Crippen LogP contribution is -2.05. The molecule has 0 aliphatic heterocycles. The minimum atomic E-state index is -0.536. The van der Waals surface area contributed by atoms with Crippen molar-refractivity contribution in [2.45, 2.75) is 6.92 Å². The summed E-state index contributed by atoms with van der Waals surface area (Å²) in [5.74, 6) is -0.00946. The lowest BCUT2D eigenvalue weighted by atomic mass is 10.2. The van der Waals surface area contributed by atoms with Gasteiger partial charge in [0.1, 0.15) is 5.69 Å². The van der Waals surface area contributed by atoms with Gasteiger partial charge >= 0.3 is 5.97 Å². The van der Waals surface area contributed by atoms with Gasteiger partial charge in [0.15, 0.2) is 5.76 Å². The van der Waals surface area contributed by atoms with Crippen molar-refractivity contribution in [1.29, 1.82) is 0 Å². The summed E-state index contributed by atoms with van der Waals surface area (Å²) in [5.41, 5.74) is 1.48. The third-order valence-electron chi connectivity index (χ3n) is 2.36. The monoisotopic (exact) mass is 310 g/mol. The van der Waals surface area contributed by atoms with Gasteiger partial charge in [0.2, 0.25) is 5.69 Å². The van der Waals surface area contributed by atoms with Crippen LogP contribution in [-0.2, 0) is 4.74 Å². The number of hydrogen-bond donors (Lipinski definition) is 1. The molecular weight excluding hydrogens is 300 g/mol. The standard InChI is InChI=1S/C12H11BrN2O3/c1-7-10(11(15-18-7)12(16)17-2)14-9-5-3-8(13)4-6-9/h3-6,14H,1-2H3. The average molecular weight is 311 g/mol. The van der Waals surface area contributed by atoms with Gasteiger partial charge < -0.3 is 14.6 Å². The molecule has 0 saturated heterocycles. The van der Waals surface area contributed by atoms with Gasteiger partial charge in [-0.05, 0) is 31.2 Å². The fourth-order valence-corrected chi connectivity index (χ4v) is 1.70. The third kappa shape index (κ3) is 2.53. The molecule has 18 heavy (non-hydrogen) atoms. The van der Waals surface area contributed by atoms with E-state index in [0.29, 0.717) is 11.4 Å². The Labute approximate surface area is 112 Å². The molecule has 0 aliphatic rings. The van der Waals surface area contributed by atoms with E-state index in [1.54, 1.807) is 6.92 Å². The van der Waals surface area contributed by atoms with Crippen LogP contribution in [0.5, 0.6) is 0 Å². The summed E-state index contributed by atoms with van der Waals surface area (Å²) in [5, 5.41) is 6.76. The molecule has 2 aromatic rings. The topological polar surface area (TPSA) is 64.4 Å². The number of anilines is 2. The average Bonchev–Trinajstić information content (AvgIpc) is 2.73. The highest BCUT2D eigenvalue weighted by Crippen LogP contribution is 2.25. The van der Waals surface area contributed by atoms with E-state index in [0.717, 1.165) is 10.2 Å². The Kier molecular flexibility index (Phi) is 3.66. The van der Waals surface area contributed by atoms with Gasteiger partial charge in [0.05, 0.1) is 7.11 Å². The fraction of sp³-hybridized carbons (Fsp3) is 0.167. The molecule has 0 bridgehead atoms. The second-order valence-corrected chi connectivity index (χ2v) is 4.50. The normalized spacial score (nSPS) is 10.2. The van der Waals surface area contributed by atoms with E-state index in [-0.39, 0.29) is 5.69 Å². The van der Waals surface area contributed by atoms with Crippen molar-refractivity contribution in [2.24, 2.45) is 0 Å². The van der Waals surface area contributed by atoms with Crippen LogP contribution in [0.25, 0.3) is 0 Å². The fourth-order valence-electron chi connectivity index (χ4n) is 1.43. The first-order valence-electron chi connectivity index (χ1n) is 5.19. The number of nitrogens with zero attached hydrogens (tertiary/aromatic N) is 1. The number of methoxy groups -OCH3 is 1. The maximum Gasteiger partial charge on any atom is 0.362 e. The highest BCUT2D eigenvalue weighted by molar-refractivity contribution is 9.10. The predicted octanol–water partition coefficient (Wildman–Crippen LogP) is 3.28. The molecule has 0 radical (unpaired) electrons. The van der Waals surface area contributed by atoms with Crippen LogP contribution < -0.4 is 5.32 Å². The van der Waals surface area contributed by atoms with Crippen molar-refractivity contribution >= 4 is 33.3 Å². The van der Waals surface area contributed by atoms with E-state index in [1.165, 1.54) is 7.11 Å². The summed E-state index contributed by atoms with van der Waals surface area (Å²) >= 11 is 3.35. The van der Waals surface area contributed by atoms with E-state index in [1.807, 2.05) is 24.3 Å². The summed E-state index contributed by atoms with van der Waals surface area (Å²) in [6.07, 6.45) is 0. The highest BCUT2D eigenvalue weighted by atomic mass is 79.9. The minimum Gasteiger partial charge on any atom is -0.464 e. The minimum absolute atomic E-state index is 0.137. The predicted molar refractivity (Wildman–Crippen MR) is 70.0 cm³/mol. The van der Waals surface area contributed by atoms with Gasteiger partial charge in [-0.3, -0.25) is 0 Å². The highest BCUT2D eigenvalue weighted by Gasteiger charge is 2.20. The van der Waals surface area contributed by atoms with E-state index < -0.39 is 5.97 Å². The maximum atomic E-state index is 11.5. The maximum absolute atomic E-state index is 11.5. The Hall–Kier alpha value is -1.82. The zero-order valence-electron chi connectivity index (χ0n) is 9.86. The summed E-state index contributed by atoms with van der Waals surface area (Å²) in [6, 6.07) is 7.53. The number of carbonyl (C=O) groups is 1. The Bertz CT molecular complexity index is 563. The molecule has 2 rings (SSSR count). The summed E-state index contributed by atoms with van der Waals surface area (Å²) in [4.78, 5) is 11.5. The Morgan fingerprint density at radius 2 is 2.06 bits per heavy atom. The number of halogens is 1. The molecule has 94 valence electrons. The first kappa shape index (κ1) is 12.6. The lowest BCUT2D eigenvalue weighted by molar-refractivity contribution is 0.0590. The SMILES string of the molecule is COC(=O)c1noc(C)c1Nc1ccc(Br)cc1. The smallest absolute Gasteiger partial charge is 0.362 e. The molecule has 0 unspecified atom stereocenters. The molecule has 1 aromatic carbocycles. The number of esters is 1. The number of hydrogen-bond acceptors (Lipinski definition) is 5. The van der Waals surface area contributed by atoms with Crippen LogP contribution in [0, 0.1) is 6.92 Å².